The summed E-state index contributed by atoms with van der Waals surface area (Å²) in [7, 11) is 0. The van der Waals surface area contributed by atoms with Gasteiger partial charge in [-0.05, 0) is 18.4 Å². The van der Waals surface area contributed by atoms with Crippen LogP contribution in [-0.4, -0.2) is 17.3 Å². The third kappa shape index (κ3) is 1.34. The van der Waals surface area contributed by atoms with Crippen LogP contribution in [-0.2, 0) is 0 Å². The van der Waals surface area contributed by atoms with Crippen molar-refractivity contribution in [2.24, 2.45) is 5.11 Å². The molecule has 1 aliphatic carbocycles. The van der Waals surface area contributed by atoms with Gasteiger partial charge in [-0.25, -0.2) is 0 Å². The van der Waals surface area contributed by atoms with Crippen LogP contribution >= 0.6 is 0 Å². The largest absolute Gasteiger partial charge is 0.393 e. The molecule has 1 N–H and O–H groups in total. The molecule has 0 aromatic carbocycles. The molecule has 0 heterocycles. The zero-order chi connectivity index (χ0) is 6.69. The second-order valence-electron chi connectivity index (χ2n) is 2.27. The van der Waals surface area contributed by atoms with E-state index in [0.29, 0.717) is 0 Å². The lowest BCUT2D eigenvalue weighted by Crippen LogP contribution is -2.15. The molecule has 1 aliphatic rings. The molecule has 0 aliphatic heterocycles. The van der Waals surface area contributed by atoms with Crippen molar-refractivity contribution in [3.8, 4) is 0 Å². The molecular formula is C5H9N3O. The Morgan fingerprint density at radius 2 is 2.33 bits per heavy atom. The molecular weight excluding hydrogens is 118 g/mol. The van der Waals surface area contributed by atoms with Gasteiger partial charge in [-0.15, -0.1) is 0 Å². The van der Waals surface area contributed by atoms with Crippen LogP contribution in [0.25, 0.3) is 10.4 Å². The molecule has 0 radical (unpaired) electrons. The van der Waals surface area contributed by atoms with Gasteiger partial charge in [0.25, 0.3) is 0 Å². The fourth-order valence-corrected chi connectivity index (χ4v) is 1.12. The summed E-state index contributed by atoms with van der Waals surface area (Å²) in [4.78, 5) is 2.63. The Morgan fingerprint density at radius 3 is 2.78 bits per heavy atom. The van der Waals surface area contributed by atoms with Crippen LogP contribution in [0, 0.1) is 0 Å². The lowest BCUT2D eigenvalue weighted by atomic mass is 10.2. The molecule has 0 amide bonds. The first-order valence-electron chi connectivity index (χ1n) is 3.07. The van der Waals surface area contributed by atoms with Gasteiger partial charge in [0.05, 0.1) is 12.1 Å². The minimum Gasteiger partial charge on any atom is -0.393 e. The summed E-state index contributed by atoms with van der Waals surface area (Å²) in [6, 6.07) is -0.157. The van der Waals surface area contributed by atoms with Crippen LogP contribution in [0.5, 0.6) is 0 Å². The third-order valence-electron chi connectivity index (χ3n) is 1.64. The molecule has 50 valence electrons. The van der Waals surface area contributed by atoms with Gasteiger partial charge in [-0.1, -0.05) is 11.5 Å². The Morgan fingerprint density at radius 1 is 1.56 bits per heavy atom. The fourth-order valence-electron chi connectivity index (χ4n) is 1.12. The van der Waals surface area contributed by atoms with E-state index >= 15 is 0 Å². The first-order chi connectivity index (χ1) is 4.34. The van der Waals surface area contributed by atoms with Crippen molar-refractivity contribution < 1.29 is 5.11 Å². The Hall–Kier alpha value is -0.730. The van der Waals surface area contributed by atoms with Gasteiger partial charge in [0.1, 0.15) is 0 Å². The van der Waals surface area contributed by atoms with Gasteiger partial charge in [0.2, 0.25) is 0 Å². The van der Waals surface area contributed by atoms with Crippen LogP contribution in [0.2, 0.25) is 0 Å². The highest BCUT2D eigenvalue weighted by Crippen LogP contribution is 2.21. The summed E-state index contributed by atoms with van der Waals surface area (Å²) < 4.78 is 0. The van der Waals surface area contributed by atoms with Crippen LogP contribution in [0.15, 0.2) is 5.11 Å². The molecule has 2 atom stereocenters. The number of aliphatic hydroxyl groups excluding tert-OH is 1. The fraction of sp³-hybridized carbons (Fsp3) is 1.00. The Bertz CT molecular complexity index is 141. The highest BCUT2D eigenvalue weighted by atomic mass is 16.3. The van der Waals surface area contributed by atoms with Gasteiger partial charge in [0, 0.05) is 4.91 Å². The van der Waals surface area contributed by atoms with E-state index in [1.54, 1.807) is 0 Å². The van der Waals surface area contributed by atoms with E-state index < -0.39 is 0 Å². The minimum absolute atomic E-state index is 0.157. The molecule has 1 rings (SSSR count). The number of hydrogen-bond acceptors (Lipinski definition) is 2. The predicted molar refractivity (Wildman–Crippen MR) is 32.8 cm³/mol. The van der Waals surface area contributed by atoms with E-state index in [2.05, 4.69) is 10.0 Å². The molecule has 9 heavy (non-hydrogen) atoms. The van der Waals surface area contributed by atoms with Gasteiger partial charge < -0.3 is 5.11 Å². The summed E-state index contributed by atoms with van der Waals surface area (Å²) in [6.45, 7) is 0. The maximum Gasteiger partial charge on any atom is 0.0633 e. The first kappa shape index (κ1) is 6.39. The number of aliphatic hydroxyl groups is 1. The Labute approximate surface area is 53.1 Å². The van der Waals surface area contributed by atoms with Crippen molar-refractivity contribution in [1.29, 1.82) is 0 Å². The van der Waals surface area contributed by atoms with E-state index in [9.17, 15) is 0 Å². The summed E-state index contributed by atoms with van der Waals surface area (Å²) in [5, 5.41) is 12.5. The van der Waals surface area contributed by atoms with Crippen LogP contribution in [0.4, 0.5) is 0 Å². The predicted octanol–water partition coefficient (Wildman–Crippen LogP) is 1.21. The maximum atomic E-state index is 9.06. The van der Waals surface area contributed by atoms with Gasteiger partial charge in [0.15, 0.2) is 0 Å². The maximum absolute atomic E-state index is 9.06. The van der Waals surface area contributed by atoms with E-state index in [1.165, 1.54) is 0 Å². The van der Waals surface area contributed by atoms with E-state index in [0.717, 1.165) is 19.3 Å². The number of hydrogen-bond donors (Lipinski definition) is 1. The van der Waals surface area contributed by atoms with E-state index in [1.807, 2.05) is 0 Å². The molecule has 0 spiro atoms. The highest BCUT2D eigenvalue weighted by molar-refractivity contribution is 4.82. The molecule has 0 unspecified atom stereocenters. The number of nitrogens with zero attached hydrogens (tertiary/aromatic N) is 3. The van der Waals surface area contributed by atoms with Gasteiger partial charge in [-0.3, -0.25) is 0 Å². The number of rotatable bonds is 1. The molecule has 0 bridgehead atoms. The second kappa shape index (κ2) is 2.71. The minimum atomic E-state index is -0.388. The molecule has 4 nitrogen and oxygen atoms in total. The Balaban J connectivity index is 2.49. The van der Waals surface area contributed by atoms with Crippen molar-refractivity contribution in [2.75, 3.05) is 0 Å². The third-order valence-corrected chi connectivity index (χ3v) is 1.64. The Kier molecular flexibility index (Phi) is 1.92. The average molecular weight is 127 g/mol. The summed E-state index contributed by atoms with van der Waals surface area (Å²) in [5.41, 5.74) is 7.99. The van der Waals surface area contributed by atoms with Crippen molar-refractivity contribution in [3.63, 3.8) is 0 Å². The van der Waals surface area contributed by atoms with Gasteiger partial charge >= 0.3 is 0 Å². The van der Waals surface area contributed by atoms with Gasteiger partial charge in [-0.2, -0.15) is 0 Å². The monoisotopic (exact) mass is 127 g/mol. The van der Waals surface area contributed by atoms with Crippen molar-refractivity contribution in [2.45, 2.75) is 31.4 Å². The second-order valence-corrected chi connectivity index (χ2v) is 2.27. The van der Waals surface area contributed by atoms with Crippen molar-refractivity contribution in [1.82, 2.24) is 0 Å². The topological polar surface area (TPSA) is 69.0 Å². The smallest absolute Gasteiger partial charge is 0.0633 e. The number of azide groups is 1. The van der Waals surface area contributed by atoms with Crippen LogP contribution < -0.4 is 0 Å². The standard InChI is InChI=1S/C5H9N3O/c6-8-7-4-2-1-3-5(4)9/h4-5,9H,1-3H2/t4-,5-/m0/s1. The highest BCUT2D eigenvalue weighted by Gasteiger charge is 2.23. The zero-order valence-corrected chi connectivity index (χ0v) is 5.06. The summed E-state index contributed by atoms with van der Waals surface area (Å²) in [6.07, 6.45) is 2.21. The first-order valence-corrected chi connectivity index (χ1v) is 3.07. The zero-order valence-electron chi connectivity index (χ0n) is 5.06. The average Bonchev–Trinajstić information content (AvgIpc) is 2.18. The molecule has 0 saturated heterocycles. The van der Waals surface area contributed by atoms with E-state index in [4.69, 9.17) is 10.6 Å². The summed E-state index contributed by atoms with van der Waals surface area (Å²) in [5.74, 6) is 0. The molecule has 0 aromatic rings. The van der Waals surface area contributed by atoms with Crippen LogP contribution in [0.1, 0.15) is 19.3 Å². The lowest BCUT2D eigenvalue weighted by Gasteiger charge is -2.04. The van der Waals surface area contributed by atoms with Crippen molar-refractivity contribution >= 4 is 0 Å². The molecule has 4 heteroatoms. The normalized spacial score (nSPS) is 33.9. The quantitative estimate of drug-likeness (QED) is 0.321. The lowest BCUT2D eigenvalue weighted by molar-refractivity contribution is 0.165. The van der Waals surface area contributed by atoms with Crippen LogP contribution in [0.3, 0.4) is 0 Å². The molecule has 1 fully saturated rings. The summed E-state index contributed by atoms with van der Waals surface area (Å²) >= 11 is 0. The SMILES string of the molecule is [N-]=[N+]=N[C@H]1CCC[C@@H]1O. The van der Waals surface area contributed by atoms with Crippen molar-refractivity contribution in [3.05, 3.63) is 10.4 Å². The van der Waals surface area contributed by atoms with E-state index in [-0.39, 0.29) is 12.1 Å². The molecule has 0 aromatic heterocycles. The molecule has 1 saturated carbocycles.